The molecule has 3 aromatic rings. The van der Waals surface area contributed by atoms with E-state index in [9.17, 15) is 0 Å². The van der Waals surface area contributed by atoms with Gasteiger partial charge in [0.1, 0.15) is 0 Å². The van der Waals surface area contributed by atoms with Gasteiger partial charge in [-0.1, -0.05) is 0 Å². The second kappa shape index (κ2) is 6.24. The van der Waals surface area contributed by atoms with E-state index in [1.165, 1.54) is 11.4 Å². The third kappa shape index (κ3) is 2.93. The van der Waals surface area contributed by atoms with Gasteiger partial charge in [-0.2, -0.15) is 0 Å². The van der Waals surface area contributed by atoms with Gasteiger partial charge in [-0.25, -0.2) is 9.97 Å². The van der Waals surface area contributed by atoms with Gasteiger partial charge in [0.15, 0.2) is 5.65 Å². The molecule has 0 amide bonds. The van der Waals surface area contributed by atoms with Crippen LogP contribution in [0.5, 0.6) is 0 Å². The number of fused-ring (bicyclic) bond motifs is 1. The zero-order chi connectivity index (χ0) is 15.6. The highest BCUT2D eigenvalue weighted by atomic mass is 79.9. The number of hydrogen-bond donors (Lipinski definition) is 0. The molecule has 0 N–H and O–H groups in total. The summed E-state index contributed by atoms with van der Waals surface area (Å²) < 4.78 is 1.06. The van der Waals surface area contributed by atoms with Crippen molar-refractivity contribution in [2.75, 3.05) is 18.0 Å². The lowest BCUT2D eigenvalue weighted by Crippen LogP contribution is -2.33. The minimum Gasteiger partial charge on any atom is -0.370 e. The zero-order valence-corrected chi connectivity index (χ0v) is 14.3. The third-order valence-electron chi connectivity index (χ3n) is 4.49. The number of halogens is 1. The molecular formula is C18H17BrN4. The molecule has 4 nitrogen and oxygen atoms in total. The van der Waals surface area contributed by atoms with E-state index in [1.807, 2.05) is 24.7 Å². The van der Waals surface area contributed by atoms with Crippen LogP contribution in [0, 0.1) is 0 Å². The van der Waals surface area contributed by atoms with E-state index in [0.717, 1.165) is 41.4 Å². The standard InChI is InChI=1S/C18H17BrN4/c19-15-12-20-9-5-17(15)23-10-6-13(7-11-23)16-4-3-14-2-1-8-21-18(14)22-16/h1-5,8-9,12-13H,6-7,10-11H2. The molecule has 0 saturated carbocycles. The highest BCUT2D eigenvalue weighted by molar-refractivity contribution is 9.10. The molecule has 0 bridgehead atoms. The van der Waals surface area contributed by atoms with E-state index in [1.54, 1.807) is 0 Å². The summed E-state index contributed by atoms with van der Waals surface area (Å²) in [6, 6.07) is 10.4. The molecule has 4 rings (SSSR count). The van der Waals surface area contributed by atoms with E-state index in [-0.39, 0.29) is 0 Å². The molecule has 5 heteroatoms. The summed E-state index contributed by atoms with van der Waals surface area (Å²) in [6.45, 7) is 2.07. The lowest BCUT2D eigenvalue weighted by molar-refractivity contribution is 0.497. The zero-order valence-electron chi connectivity index (χ0n) is 12.7. The number of anilines is 1. The summed E-state index contributed by atoms with van der Waals surface area (Å²) in [5, 5.41) is 1.11. The molecular weight excluding hydrogens is 352 g/mol. The monoisotopic (exact) mass is 368 g/mol. The van der Waals surface area contributed by atoms with Crippen molar-refractivity contribution in [2.45, 2.75) is 18.8 Å². The summed E-state index contributed by atoms with van der Waals surface area (Å²) in [4.78, 5) is 15.7. The van der Waals surface area contributed by atoms with Gasteiger partial charge < -0.3 is 4.90 Å². The van der Waals surface area contributed by atoms with Gasteiger partial charge in [0, 0.05) is 48.7 Å². The van der Waals surface area contributed by atoms with Crippen LogP contribution < -0.4 is 4.90 Å². The van der Waals surface area contributed by atoms with Crippen molar-refractivity contribution >= 4 is 32.7 Å². The van der Waals surface area contributed by atoms with E-state index >= 15 is 0 Å². The molecule has 116 valence electrons. The van der Waals surface area contributed by atoms with Gasteiger partial charge in [-0.05, 0) is 59.1 Å². The van der Waals surface area contributed by atoms with Crippen LogP contribution in [0.1, 0.15) is 24.5 Å². The van der Waals surface area contributed by atoms with Crippen molar-refractivity contribution < 1.29 is 0 Å². The fourth-order valence-electron chi connectivity index (χ4n) is 3.24. The Labute approximate surface area is 143 Å². The van der Waals surface area contributed by atoms with Gasteiger partial charge in [0.25, 0.3) is 0 Å². The van der Waals surface area contributed by atoms with Crippen LogP contribution in [-0.2, 0) is 0 Å². The molecule has 1 fully saturated rings. The summed E-state index contributed by atoms with van der Waals surface area (Å²) in [5.41, 5.74) is 3.25. The first-order valence-electron chi connectivity index (χ1n) is 7.87. The Hall–Kier alpha value is -2.01. The smallest absolute Gasteiger partial charge is 0.159 e. The molecule has 0 spiro atoms. The number of piperidine rings is 1. The van der Waals surface area contributed by atoms with Crippen LogP contribution >= 0.6 is 15.9 Å². The van der Waals surface area contributed by atoms with E-state index in [0.29, 0.717) is 5.92 Å². The molecule has 0 aliphatic carbocycles. The lowest BCUT2D eigenvalue weighted by atomic mass is 9.92. The Balaban J connectivity index is 1.51. The van der Waals surface area contributed by atoms with Crippen molar-refractivity contribution in [3.63, 3.8) is 0 Å². The predicted molar refractivity (Wildman–Crippen MR) is 95.7 cm³/mol. The van der Waals surface area contributed by atoms with Crippen molar-refractivity contribution in [1.82, 2.24) is 15.0 Å². The Kier molecular flexibility index (Phi) is 3.95. The number of hydrogen-bond acceptors (Lipinski definition) is 4. The highest BCUT2D eigenvalue weighted by Crippen LogP contribution is 2.32. The molecule has 4 heterocycles. The van der Waals surface area contributed by atoms with Gasteiger partial charge in [0.2, 0.25) is 0 Å². The first-order valence-corrected chi connectivity index (χ1v) is 8.67. The number of nitrogens with zero attached hydrogens (tertiary/aromatic N) is 4. The molecule has 3 aromatic heterocycles. The Morgan fingerprint density at radius 2 is 1.91 bits per heavy atom. The molecule has 1 aliphatic heterocycles. The van der Waals surface area contributed by atoms with Crippen LogP contribution in [0.2, 0.25) is 0 Å². The number of aromatic nitrogens is 3. The van der Waals surface area contributed by atoms with Crippen molar-refractivity contribution in [2.24, 2.45) is 0 Å². The maximum absolute atomic E-state index is 4.77. The second-order valence-electron chi connectivity index (χ2n) is 5.87. The maximum atomic E-state index is 4.77. The third-order valence-corrected chi connectivity index (χ3v) is 5.10. The minimum atomic E-state index is 0.512. The first kappa shape index (κ1) is 14.6. The fourth-order valence-corrected chi connectivity index (χ4v) is 3.74. The molecule has 23 heavy (non-hydrogen) atoms. The average molecular weight is 369 g/mol. The quantitative estimate of drug-likeness (QED) is 0.680. The van der Waals surface area contributed by atoms with Crippen LogP contribution in [-0.4, -0.2) is 28.0 Å². The summed E-state index contributed by atoms with van der Waals surface area (Å²) >= 11 is 3.59. The molecule has 0 radical (unpaired) electrons. The van der Waals surface area contributed by atoms with Crippen LogP contribution in [0.4, 0.5) is 5.69 Å². The average Bonchev–Trinajstić information content (AvgIpc) is 2.62. The Bertz CT molecular complexity index is 828. The number of rotatable bonds is 2. The summed E-state index contributed by atoms with van der Waals surface area (Å²) in [5.74, 6) is 0.512. The van der Waals surface area contributed by atoms with E-state index in [4.69, 9.17) is 4.98 Å². The second-order valence-corrected chi connectivity index (χ2v) is 6.73. The molecule has 1 saturated heterocycles. The van der Waals surface area contributed by atoms with Crippen LogP contribution in [0.15, 0.2) is 53.4 Å². The molecule has 0 aromatic carbocycles. The molecule has 0 atom stereocenters. The normalized spacial score (nSPS) is 16.0. The van der Waals surface area contributed by atoms with E-state index in [2.05, 4.69) is 55.1 Å². The largest absolute Gasteiger partial charge is 0.370 e. The Morgan fingerprint density at radius 1 is 1.04 bits per heavy atom. The van der Waals surface area contributed by atoms with Gasteiger partial charge in [0.05, 0.1) is 10.2 Å². The predicted octanol–water partition coefficient (Wildman–Crippen LogP) is 4.17. The van der Waals surface area contributed by atoms with Crippen LogP contribution in [0.25, 0.3) is 11.0 Å². The molecule has 0 unspecified atom stereocenters. The Morgan fingerprint density at radius 3 is 2.74 bits per heavy atom. The van der Waals surface area contributed by atoms with Crippen molar-refractivity contribution in [3.05, 3.63) is 59.1 Å². The molecule has 1 aliphatic rings. The van der Waals surface area contributed by atoms with Crippen molar-refractivity contribution in [3.8, 4) is 0 Å². The topological polar surface area (TPSA) is 41.9 Å². The SMILES string of the molecule is Brc1cnccc1N1CCC(c2ccc3cccnc3n2)CC1. The van der Waals surface area contributed by atoms with Gasteiger partial charge in [-0.15, -0.1) is 0 Å². The lowest BCUT2D eigenvalue weighted by Gasteiger charge is -2.33. The highest BCUT2D eigenvalue weighted by Gasteiger charge is 2.23. The van der Waals surface area contributed by atoms with Crippen LogP contribution in [0.3, 0.4) is 0 Å². The number of pyridine rings is 3. The van der Waals surface area contributed by atoms with Crippen molar-refractivity contribution in [1.29, 1.82) is 0 Å². The first-order chi connectivity index (χ1) is 11.3. The summed E-state index contributed by atoms with van der Waals surface area (Å²) in [7, 11) is 0. The fraction of sp³-hybridized carbons (Fsp3) is 0.278. The van der Waals surface area contributed by atoms with E-state index < -0.39 is 0 Å². The van der Waals surface area contributed by atoms with Gasteiger partial charge in [-0.3, -0.25) is 4.98 Å². The minimum absolute atomic E-state index is 0.512. The maximum Gasteiger partial charge on any atom is 0.159 e. The summed E-state index contributed by atoms with van der Waals surface area (Å²) in [6.07, 6.45) is 7.74. The van der Waals surface area contributed by atoms with Gasteiger partial charge >= 0.3 is 0 Å².